The summed E-state index contributed by atoms with van der Waals surface area (Å²) in [4.78, 5) is 4.48. The fraction of sp³-hybridized carbons (Fsp3) is 0.176. The first-order valence-electron chi connectivity index (χ1n) is 6.80. The third kappa shape index (κ3) is 2.59. The molecule has 0 aliphatic rings. The van der Waals surface area contributed by atoms with Crippen molar-refractivity contribution in [3.63, 3.8) is 0 Å². The number of benzene rings is 1. The van der Waals surface area contributed by atoms with Crippen molar-refractivity contribution in [1.82, 2.24) is 9.38 Å². The normalized spacial score (nSPS) is 10.5. The Bertz CT molecular complexity index is 800. The molecule has 0 saturated carbocycles. The first kappa shape index (κ1) is 13.2. The van der Waals surface area contributed by atoms with Crippen LogP contribution in [0.2, 0.25) is 0 Å². The minimum Gasteiger partial charge on any atom is -0.474 e. The summed E-state index contributed by atoms with van der Waals surface area (Å²) >= 11 is 0. The summed E-state index contributed by atoms with van der Waals surface area (Å²) in [6.07, 6.45) is 0.318. The van der Waals surface area contributed by atoms with Crippen LogP contribution >= 0.6 is 0 Å². The number of ether oxygens (including phenoxy) is 1. The molecule has 1 aromatic carbocycles. The van der Waals surface area contributed by atoms with Crippen molar-refractivity contribution in [2.24, 2.45) is 0 Å². The molecule has 0 unspecified atom stereocenters. The van der Waals surface area contributed by atoms with Crippen molar-refractivity contribution in [2.45, 2.75) is 20.0 Å². The number of fused-ring (bicyclic) bond motifs is 1. The van der Waals surface area contributed by atoms with Crippen LogP contribution in [0.15, 0.2) is 48.5 Å². The highest BCUT2D eigenvalue weighted by Gasteiger charge is 2.12. The molecule has 21 heavy (non-hydrogen) atoms. The summed E-state index contributed by atoms with van der Waals surface area (Å²) in [7, 11) is 0. The topological polar surface area (TPSA) is 50.3 Å². The Hall–Kier alpha value is -2.80. The van der Waals surface area contributed by atoms with Crippen LogP contribution in [0.1, 0.15) is 17.0 Å². The summed E-state index contributed by atoms with van der Waals surface area (Å²) in [5, 5.41) is 8.99. The Balaban J connectivity index is 1.96. The highest BCUT2D eigenvalue weighted by atomic mass is 16.5. The van der Waals surface area contributed by atoms with E-state index in [2.05, 4.69) is 11.1 Å². The molecule has 0 atom stereocenters. The molecule has 0 N–H and O–H groups in total. The second kappa shape index (κ2) is 5.68. The highest BCUT2D eigenvalue weighted by Crippen LogP contribution is 2.21. The van der Waals surface area contributed by atoms with E-state index in [1.807, 2.05) is 59.9 Å². The molecular weight excluding hydrogens is 262 g/mol. The standard InChI is InChI=1S/C17H15N3O/c1-13-15(10-11-18)20-16(19-13)8-5-9-17(20)21-12-14-6-3-2-4-7-14/h2-9H,10,12H2,1H3. The number of pyridine rings is 1. The first-order valence-corrected chi connectivity index (χ1v) is 6.80. The van der Waals surface area contributed by atoms with Gasteiger partial charge in [-0.25, -0.2) is 4.98 Å². The fourth-order valence-electron chi connectivity index (χ4n) is 2.36. The molecule has 2 aromatic heterocycles. The minimum absolute atomic E-state index is 0.318. The van der Waals surface area contributed by atoms with E-state index in [-0.39, 0.29) is 0 Å². The third-order valence-corrected chi connectivity index (χ3v) is 3.38. The smallest absolute Gasteiger partial charge is 0.199 e. The van der Waals surface area contributed by atoms with Crippen LogP contribution in [-0.2, 0) is 13.0 Å². The van der Waals surface area contributed by atoms with Gasteiger partial charge >= 0.3 is 0 Å². The van der Waals surface area contributed by atoms with E-state index >= 15 is 0 Å². The van der Waals surface area contributed by atoms with E-state index in [9.17, 15) is 0 Å². The Morgan fingerprint density at radius 2 is 1.95 bits per heavy atom. The Morgan fingerprint density at radius 1 is 1.14 bits per heavy atom. The van der Waals surface area contributed by atoms with Crippen molar-refractivity contribution >= 4 is 5.65 Å². The van der Waals surface area contributed by atoms with Gasteiger partial charge in [0.25, 0.3) is 0 Å². The Kier molecular flexibility index (Phi) is 3.57. The van der Waals surface area contributed by atoms with E-state index in [0.29, 0.717) is 18.9 Å². The molecule has 0 amide bonds. The summed E-state index contributed by atoms with van der Waals surface area (Å²) in [5.41, 5.74) is 3.67. The second-order valence-electron chi connectivity index (χ2n) is 4.81. The number of hydrogen-bond acceptors (Lipinski definition) is 3. The summed E-state index contributed by atoms with van der Waals surface area (Å²) in [6.45, 7) is 2.41. The summed E-state index contributed by atoms with van der Waals surface area (Å²) in [5.74, 6) is 0.710. The van der Waals surface area contributed by atoms with Gasteiger partial charge in [-0.2, -0.15) is 5.26 Å². The second-order valence-corrected chi connectivity index (χ2v) is 4.81. The maximum atomic E-state index is 8.99. The monoisotopic (exact) mass is 277 g/mol. The minimum atomic E-state index is 0.318. The molecule has 3 rings (SSSR count). The summed E-state index contributed by atoms with van der Waals surface area (Å²) in [6, 6.07) is 17.9. The van der Waals surface area contributed by atoms with Crippen molar-refractivity contribution < 1.29 is 4.74 Å². The SMILES string of the molecule is Cc1nc2cccc(OCc3ccccc3)n2c1CC#N. The Morgan fingerprint density at radius 3 is 2.71 bits per heavy atom. The van der Waals surface area contributed by atoms with Gasteiger partial charge in [-0.3, -0.25) is 4.40 Å². The molecule has 104 valence electrons. The van der Waals surface area contributed by atoms with Crippen LogP contribution in [0.3, 0.4) is 0 Å². The average Bonchev–Trinajstić information content (AvgIpc) is 2.83. The van der Waals surface area contributed by atoms with Crippen LogP contribution in [0.5, 0.6) is 5.88 Å². The van der Waals surface area contributed by atoms with E-state index in [1.54, 1.807) is 0 Å². The molecule has 2 heterocycles. The zero-order valence-electron chi connectivity index (χ0n) is 11.8. The number of nitrogens with zero attached hydrogens (tertiary/aromatic N) is 3. The predicted molar refractivity (Wildman–Crippen MR) is 80.0 cm³/mol. The number of aromatic nitrogens is 2. The van der Waals surface area contributed by atoms with E-state index in [4.69, 9.17) is 10.00 Å². The van der Waals surface area contributed by atoms with Crippen LogP contribution in [0, 0.1) is 18.3 Å². The van der Waals surface area contributed by atoms with E-state index in [1.165, 1.54) is 0 Å². The van der Waals surface area contributed by atoms with Gasteiger partial charge in [0.2, 0.25) is 0 Å². The highest BCUT2D eigenvalue weighted by molar-refractivity contribution is 5.47. The molecule has 4 nitrogen and oxygen atoms in total. The lowest BCUT2D eigenvalue weighted by atomic mass is 10.2. The van der Waals surface area contributed by atoms with Gasteiger partial charge in [0.15, 0.2) is 5.88 Å². The largest absolute Gasteiger partial charge is 0.474 e. The third-order valence-electron chi connectivity index (χ3n) is 3.38. The lowest BCUT2D eigenvalue weighted by molar-refractivity contribution is 0.289. The molecule has 0 radical (unpaired) electrons. The van der Waals surface area contributed by atoms with Crippen molar-refractivity contribution in [3.05, 3.63) is 65.5 Å². The fourth-order valence-corrected chi connectivity index (χ4v) is 2.36. The molecule has 0 aliphatic carbocycles. The van der Waals surface area contributed by atoms with Crippen molar-refractivity contribution in [2.75, 3.05) is 0 Å². The van der Waals surface area contributed by atoms with Gasteiger partial charge in [0, 0.05) is 0 Å². The van der Waals surface area contributed by atoms with Gasteiger partial charge in [-0.15, -0.1) is 0 Å². The number of rotatable bonds is 4. The van der Waals surface area contributed by atoms with Gasteiger partial charge in [-0.1, -0.05) is 36.4 Å². The average molecular weight is 277 g/mol. The molecule has 3 aromatic rings. The molecule has 0 saturated heterocycles. The zero-order chi connectivity index (χ0) is 14.7. The van der Waals surface area contributed by atoms with Crippen LogP contribution in [-0.4, -0.2) is 9.38 Å². The van der Waals surface area contributed by atoms with Crippen molar-refractivity contribution in [3.8, 4) is 11.9 Å². The maximum Gasteiger partial charge on any atom is 0.199 e. The van der Waals surface area contributed by atoms with Crippen LogP contribution in [0.25, 0.3) is 5.65 Å². The lowest BCUT2D eigenvalue weighted by Crippen LogP contribution is -2.02. The maximum absolute atomic E-state index is 8.99. The van der Waals surface area contributed by atoms with E-state index in [0.717, 1.165) is 22.6 Å². The molecule has 0 aliphatic heterocycles. The Labute approximate surface area is 123 Å². The van der Waals surface area contributed by atoms with E-state index < -0.39 is 0 Å². The molecule has 0 bridgehead atoms. The number of imidazole rings is 1. The molecule has 4 heteroatoms. The molecule has 0 spiro atoms. The number of hydrogen-bond donors (Lipinski definition) is 0. The zero-order valence-corrected chi connectivity index (χ0v) is 11.8. The number of nitriles is 1. The molecule has 0 fully saturated rings. The lowest BCUT2D eigenvalue weighted by Gasteiger charge is -2.10. The van der Waals surface area contributed by atoms with Crippen molar-refractivity contribution in [1.29, 1.82) is 5.26 Å². The van der Waals surface area contributed by atoms with Crippen LogP contribution in [0.4, 0.5) is 0 Å². The van der Waals surface area contributed by atoms with Crippen LogP contribution < -0.4 is 4.74 Å². The number of aryl methyl sites for hydroxylation is 1. The van der Waals surface area contributed by atoms with Gasteiger partial charge in [0.1, 0.15) is 12.3 Å². The predicted octanol–water partition coefficient (Wildman–Crippen LogP) is 3.29. The quantitative estimate of drug-likeness (QED) is 0.735. The van der Waals surface area contributed by atoms with Gasteiger partial charge in [-0.05, 0) is 24.6 Å². The van der Waals surface area contributed by atoms with Gasteiger partial charge < -0.3 is 4.74 Å². The first-order chi connectivity index (χ1) is 10.3. The van der Waals surface area contributed by atoms with Gasteiger partial charge in [0.05, 0.1) is 23.9 Å². The molecular formula is C17H15N3O. The summed E-state index contributed by atoms with van der Waals surface area (Å²) < 4.78 is 7.84.